The Morgan fingerprint density at radius 3 is 2.50 bits per heavy atom. The second kappa shape index (κ2) is 12.3. The molecule has 10 nitrogen and oxygen atoms in total. The molecule has 40 heavy (non-hydrogen) atoms. The molecule has 2 aromatic carbocycles. The van der Waals surface area contributed by atoms with Gasteiger partial charge in [-0.2, -0.15) is 13.8 Å². The Labute approximate surface area is 228 Å². The summed E-state index contributed by atoms with van der Waals surface area (Å²) in [5.74, 6) is -4.57. The molecule has 0 amide bonds. The van der Waals surface area contributed by atoms with Crippen molar-refractivity contribution in [3.63, 3.8) is 0 Å². The minimum atomic E-state index is -3.58. The largest absolute Gasteiger partial charge is 0.490 e. The number of aromatic nitrogens is 4. The van der Waals surface area contributed by atoms with Gasteiger partial charge in [-0.3, -0.25) is 9.78 Å². The molecule has 212 valence electrons. The summed E-state index contributed by atoms with van der Waals surface area (Å²) >= 11 is 0. The number of ether oxygens (including phenoxy) is 1. The van der Waals surface area contributed by atoms with Crippen molar-refractivity contribution >= 4 is 17.0 Å². The zero-order chi connectivity index (χ0) is 28.9. The molecule has 3 aliphatic rings. The number of carboxylic acid groups (broad SMARTS) is 1. The number of aliphatic carboxylic acids is 1. The smallest absolute Gasteiger partial charge is 0.374 e. The first-order chi connectivity index (χ1) is 19.0. The highest BCUT2D eigenvalue weighted by Crippen LogP contribution is 2.31. The molecular weight excluding hydrogens is 524 g/mol. The van der Waals surface area contributed by atoms with Crippen molar-refractivity contribution in [3.8, 4) is 17.3 Å². The fourth-order valence-electron chi connectivity index (χ4n) is 4.48. The third kappa shape index (κ3) is 7.06. The van der Waals surface area contributed by atoms with Crippen molar-refractivity contribution < 1.29 is 23.4 Å². The number of H-pyrrole nitrogens is 1. The van der Waals surface area contributed by atoms with E-state index < -0.39 is 23.1 Å². The molecule has 1 aliphatic carbocycles. The third-order valence-electron chi connectivity index (χ3n) is 6.56. The molecule has 2 aliphatic heterocycles. The SMILES string of the molecule is CC(F)(F)C(=O)O.Cc1cc2nc3c(=O)[nH]c(=O)nc-3n(CCNCc3ccccc3)c2cc1OC1CCCC1. The summed E-state index contributed by atoms with van der Waals surface area (Å²) in [6.07, 6.45) is 4.73. The Hall–Kier alpha value is -4.19. The van der Waals surface area contributed by atoms with Crippen LogP contribution in [0.15, 0.2) is 52.1 Å². The Balaban J connectivity index is 0.000000470. The van der Waals surface area contributed by atoms with Gasteiger partial charge >= 0.3 is 17.6 Å². The molecule has 2 heterocycles. The second-order valence-corrected chi connectivity index (χ2v) is 9.79. The molecule has 2 aromatic rings. The summed E-state index contributed by atoms with van der Waals surface area (Å²) in [6, 6.07) is 14.1. The average Bonchev–Trinajstić information content (AvgIpc) is 3.41. The summed E-state index contributed by atoms with van der Waals surface area (Å²) in [5, 5.41) is 10.9. The van der Waals surface area contributed by atoms with Crippen LogP contribution in [-0.2, 0) is 17.9 Å². The highest BCUT2D eigenvalue weighted by molar-refractivity contribution is 5.82. The van der Waals surface area contributed by atoms with Crippen molar-refractivity contribution in [1.82, 2.24) is 24.8 Å². The van der Waals surface area contributed by atoms with Crippen LogP contribution in [0.5, 0.6) is 5.75 Å². The van der Waals surface area contributed by atoms with Gasteiger partial charge in [-0.1, -0.05) is 30.3 Å². The van der Waals surface area contributed by atoms with E-state index in [0.29, 0.717) is 25.5 Å². The van der Waals surface area contributed by atoms with Crippen molar-refractivity contribution in [2.45, 2.75) is 64.6 Å². The zero-order valence-electron chi connectivity index (χ0n) is 22.2. The van der Waals surface area contributed by atoms with Crippen LogP contribution in [0.4, 0.5) is 8.78 Å². The van der Waals surface area contributed by atoms with E-state index >= 15 is 0 Å². The fraction of sp³-hybridized carbons (Fsp3) is 0.393. The second-order valence-electron chi connectivity index (χ2n) is 9.79. The topological polar surface area (TPSA) is 139 Å². The maximum atomic E-state index is 12.5. The lowest BCUT2D eigenvalue weighted by atomic mass is 10.1. The zero-order valence-corrected chi connectivity index (χ0v) is 22.2. The van der Waals surface area contributed by atoms with Crippen LogP contribution in [0.3, 0.4) is 0 Å². The first kappa shape index (κ1) is 28.8. The normalized spacial score (nSPS) is 13.8. The van der Waals surface area contributed by atoms with E-state index in [-0.39, 0.29) is 17.6 Å². The Morgan fingerprint density at radius 1 is 1.18 bits per heavy atom. The minimum Gasteiger partial charge on any atom is -0.490 e. The highest BCUT2D eigenvalue weighted by Gasteiger charge is 2.31. The number of alkyl halides is 2. The Kier molecular flexibility index (Phi) is 8.88. The van der Waals surface area contributed by atoms with Crippen molar-refractivity contribution in [2.75, 3.05) is 6.54 Å². The number of carbonyl (C=O) groups is 1. The van der Waals surface area contributed by atoms with Crippen LogP contribution in [0.2, 0.25) is 0 Å². The molecule has 0 saturated heterocycles. The molecule has 5 rings (SSSR count). The van der Waals surface area contributed by atoms with E-state index in [0.717, 1.165) is 36.2 Å². The quantitative estimate of drug-likeness (QED) is 0.221. The van der Waals surface area contributed by atoms with E-state index in [1.54, 1.807) is 0 Å². The minimum absolute atomic E-state index is 0.161. The highest BCUT2D eigenvalue weighted by atomic mass is 19.3. The number of rotatable bonds is 8. The first-order valence-corrected chi connectivity index (χ1v) is 13.0. The number of aryl methyl sites for hydroxylation is 1. The Morgan fingerprint density at radius 2 is 1.85 bits per heavy atom. The van der Waals surface area contributed by atoms with Gasteiger partial charge < -0.3 is 19.7 Å². The predicted molar refractivity (Wildman–Crippen MR) is 145 cm³/mol. The van der Waals surface area contributed by atoms with Gasteiger partial charge in [0.2, 0.25) is 0 Å². The lowest BCUT2D eigenvalue weighted by Crippen LogP contribution is -2.30. The molecule has 0 radical (unpaired) electrons. The summed E-state index contributed by atoms with van der Waals surface area (Å²) in [5.41, 5.74) is 2.59. The van der Waals surface area contributed by atoms with Crippen LogP contribution < -0.4 is 21.3 Å². The number of hydrogen-bond donors (Lipinski definition) is 3. The van der Waals surface area contributed by atoms with Crippen molar-refractivity contribution in [1.29, 1.82) is 0 Å². The summed E-state index contributed by atoms with van der Waals surface area (Å²) in [7, 11) is 0. The summed E-state index contributed by atoms with van der Waals surface area (Å²) in [6.45, 7) is 4.19. The number of nitrogens with one attached hydrogen (secondary N) is 2. The molecule has 1 saturated carbocycles. The van der Waals surface area contributed by atoms with E-state index in [9.17, 15) is 23.2 Å². The lowest BCUT2D eigenvalue weighted by molar-refractivity contribution is -0.161. The van der Waals surface area contributed by atoms with Gasteiger partial charge in [0.15, 0.2) is 11.5 Å². The average molecular weight is 556 g/mol. The van der Waals surface area contributed by atoms with E-state index in [4.69, 9.17) is 9.84 Å². The number of hydrogen-bond acceptors (Lipinski definition) is 7. The third-order valence-corrected chi connectivity index (χ3v) is 6.56. The number of carboxylic acids is 1. The monoisotopic (exact) mass is 555 g/mol. The van der Waals surface area contributed by atoms with E-state index in [2.05, 4.69) is 32.4 Å². The standard InChI is InChI=1S/C25H27N5O3.C3H4F2O2/c1-16-13-19-20(14-21(16)33-18-9-5-6-10-18)30(12-11-26-15-17-7-3-2-4-8-17)23-22(27-19)24(31)29-25(32)28-23;1-3(4,5)2(6)7/h2-4,7-8,13-14,18,26H,5-6,9-12,15H2,1H3,(H,29,31,32);1H3,(H,6,7). The molecule has 1 fully saturated rings. The molecule has 0 atom stereocenters. The number of halogens is 2. The summed E-state index contributed by atoms with van der Waals surface area (Å²) in [4.78, 5) is 44.6. The number of benzene rings is 2. The van der Waals surface area contributed by atoms with Crippen LogP contribution in [0.1, 0.15) is 43.7 Å². The van der Waals surface area contributed by atoms with Crippen molar-refractivity contribution in [2.24, 2.45) is 0 Å². The van der Waals surface area contributed by atoms with Crippen LogP contribution in [0, 0.1) is 6.92 Å². The number of aromatic amines is 1. The molecule has 12 heteroatoms. The van der Waals surface area contributed by atoms with Gasteiger partial charge in [-0.25, -0.2) is 14.6 Å². The molecule has 0 spiro atoms. The number of nitrogens with zero attached hydrogens (tertiary/aromatic N) is 3. The Bertz CT molecular complexity index is 1560. The fourth-order valence-corrected chi connectivity index (χ4v) is 4.48. The van der Waals surface area contributed by atoms with E-state index in [1.807, 2.05) is 41.8 Å². The molecular formula is C28H31F2N5O5. The van der Waals surface area contributed by atoms with Gasteiger partial charge in [0.1, 0.15) is 5.75 Å². The van der Waals surface area contributed by atoms with Crippen LogP contribution in [0.25, 0.3) is 22.6 Å². The van der Waals surface area contributed by atoms with Gasteiger partial charge in [-0.05, 0) is 49.8 Å². The lowest BCUT2D eigenvalue weighted by Gasteiger charge is -2.20. The molecule has 0 bridgehead atoms. The van der Waals surface area contributed by atoms with Gasteiger partial charge in [0.05, 0.1) is 17.1 Å². The first-order valence-electron chi connectivity index (χ1n) is 13.0. The predicted octanol–water partition coefficient (Wildman–Crippen LogP) is 3.73. The summed E-state index contributed by atoms with van der Waals surface area (Å²) < 4.78 is 30.7. The molecule has 0 aromatic heterocycles. The maximum Gasteiger partial charge on any atom is 0.374 e. The van der Waals surface area contributed by atoms with Gasteiger partial charge in [0, 0.05) is 32.6 Å². The van der Waals surface area contributed by atoms with Crippen molar-refractivity contribution in [3.05, 3.63) is 74.4 Å². The van der Waals surface area contributed by atoms with Crippen LogP contribution in [-0.4, -0.2) is 49.2 Å². The van der Waals surface area contributed by atoms with Crippen LogP contribution >= 0.6 is 0 Å². The maximum absolute atomic E-state index is 12.5. The van der Waals surface area contributed by atoms with E-state index in [1.165, 1.54) is 18.4 Å². The molecule has 0 unspecified atom stereocenters. The molecule has 3 N–H and O–H groups in total. The van der Waals surface area contributed by atoms with Gasteiger partial charge in [-0.15, -0.1) is 0 Å². The number of fused-ring (bicyclic) bond motifs is 2. The van der Waals surface area contributed by atoms with Gasteiger partial charge in [0.25, 0.3) is 5.56 Å².